The number of rotatable bonds is 6. The molecule has 0 aliphatic carbocycles. The summed E-state index contributed by atoms with van der Waals surface area (Å²) >= 11 is 0. The highest BCUT2D eigenvalue weighted by Gasteiger charge is 2.26. The first-order valence-corrected chi connectivity index (χ1v) is 13.3. The number of hydrogen-bond acceptors (Lipinski definition) is 4. The second-order valence-corrected chi connectivity index (χ2v) is 9.92. The van der Waals surface area contributed by atoms with Gasteiger partial charge in [0.2, 0.25) is 0 Å². The zero-order chi connectivity index (χ0) is 26.9. The molecule has 0 saturated heterocycles. The fraction of sp³-hybridized carbons (Fsp3) is 0.290. The Balaban J connectivity index is 1.37. The van der Waals surface area contributed by atoms with Gasteiger partial charge >= 0.3 is 0 Å². The van der Waals surface area contributed by atoms with E-state index in [9.17, 15) is 9.18 Å². The van der Waals surface area contributed by atoms with Crippen LogP contribution in [0, 0.1) is 18.6 Å². The molecule has 5 aromatic rings. The predicted molar refractivity (Wildman–Crippen MR) is 146 cm³/mol. The van der Waals surface area contributed by atoms with Crippen molar-refractivity contribution < 1.29 is 23.0 Å². The fourth-order valence-corrected chi connectivity index (χ4v) is 5.73. The number of nitrogens with zero attached hydrogens (tertiary/aromatic N) is 2. The van der Waals surface area contributed by atoms with Crippen LogP contribution in [0.3, 0.4) is 0 Å². The number of aromatic amines is 1. The molecule has 3 aromatic carbocycles. The van der Waals surface area contributed by atoms with Crippen molar-refractivity contribution in [2.45, 2.75) is 45.8 Å². The van der Waals surface area contributed by atoms with Crippen LogP contribution in [-0.2, 0) is 24.3 Å². The van der Waals surface area contributed by atoms with Gasteiger partial charge in [0.1, 0.15) is 17.4 Å². The molecule has 8 heteroatoms. The minimum Gasteiger partial charge on any atom is -0.493 e. The molecule has 2 aromatic heterocycles. The molecule has 39 heavy (non-hydrogen) atoms. The fourth-order valence-electron chi connectivity index (χ4n) is 5.73. The van der Waals surface area contributed by atoms with E-state index >= 15 is 4.39 Å². The Morgan fingerprint density at radius 2 is 1.85 bits per heavy atom. The van der Waals surface area contributed by atoms with E-state index in [0.717, 1.165) is 41.2 Å². The van der Waals surface area contributed by atoms with Gasteiger partial charge in [0.15, 0.2) is 6.29 Å². The number of nitrogens with one attached hydrogen (secondary N) is 1. The molecule has 200 valence electrons. The standard InChI is InChI=1S/C31H29F2N3O3/c1-19-29-26(35-34-19)18-38-15-5-4-14-36-27(17-37)21(23-10-11-25(33)30(29)31(23)36)9-6-16-39-28-13-12-24(32)20-7-2-3-8-22(20)28/h2-3,7-8,10-13,17H,4-6,9,14-16,18H2,1H3,(H,34,35). The van der Waals surface area contributed by atoms with Crippen molar-refractivity contribution in [2.24, 2.45) is 0 Å². The Morgan fingerprint density at radius 3 is 2.69 bits per heavy atom. The lowest BCUT2D eigenvalue weighted by Gasteiger charge is -2.12. The van der Waals surface area contributed by atoms with E-state index in [1.165, 1.54) is 12.1 Å². The molecular formula is C31H29F2N3O3. The second-order valence-electron chi connectivity index (χ2n) is 9.92. The summed E-state index contributed by atoms with van der Waals surface area (Å²) < 4.78 is 43.6. The van der Waals surface area contributed by atoms with Crippen LogP contribution in [-0.4, -0.2) is 34.3 Å². The zero-order valence-corrected chi connectivity index (χ0v) is 21.7. The number of hydrogen-bond donors (Lipinski definition) is 1. The molecule has 0 unspecified atom stereocenters. The van der Waals surface area contributed by atoms with Gasteiger partial charge in [-0.3, -0.25) is 9.89 Å². The second kappa shape index (κ2) is 10.6. The average Bonchev–Trinajstić information content (AvgIpc) is 3.45. The molecular weight excluding hydrogens is 500 g/mol. The predicted octanol–water partition coefficient (Wildman–Crippen LogP) is 6.91. The molecule has 0 amide bonds. The Kier molecular flexibility index (Phi) is 6.87. The largest absolute Gasteiger partial charge is 0.493 e. The number of halogens is 2. The van der Waals surface area contributed by atoms with Crippen molar-refractivity contribution >= 4 is 28.0 Å². The SMILES string of the molecule is Cc1[nH]nc2c1-c1c(F)ccc3c(CCCOc4ccc(F)c5ccccc45)c(C=O)n(c13)CCCCOC2. The van der Waals surface area contributed by atoms with Gasteiger partial charge in [-0.2, -0.15) is 5.10 Å². The lowest BCUT2D eigenvalue weighted by atomic mass is 9.98. The summed E-state index contributed by atoms with van der Waals surface area (Å²) in [6.07, 6.45) is 3.69. The van der Waals surface area contributed by atoms with Crippen LogP contribution in [0.2, 0.25) is 0 Å². The number of benzene rings is 3. The molecule has 1 N–H and O–H groups in total. The van der Waals surface area contributed by atoms with Crippen LogP contribution >= 0.6 is 0 Å². The van der Waals surface area contributed by atoms with Gasteiger partial charge in [-0.15, -0.1) is 0 Å². The molecule has 0 spiro atoms. The van der Waals surface area contributed by atoms with Crippen molar-refractivity contribution in [1.29, 1.82) is 0 Å². The summed E-state index contributed by atoms with van der Waals surface area (Å²) in [6.45, 7) is 3.69. The maximum Gasteiger partial charge on any atom is 0.166 e. The first-order valence-electron chi connectivity index (χ1n) is 13.3. The van der Waals surface area contributed by atoms with E-state index in [1.54, 1.807) is 24.3 Å². The number of fused-ring (bicyclic) bond motifs is 3. The normalized spacial score (nSPS) is 13.8. The number of aryl methyl sites for hydroxylation is 3. The minimum atomic E-state index is -0.359. The number of ether oxygens (including phenoxy) is 2. The zero-order valence-electron chi connectivity index (χ0n) is 21.7. The highest BCUT2D eigenvalue weighted by Crippen LogP contribution is 2.39. The maximum absolute atomic E-state index is 15.6. The molecule has 0 radical (unpaired) electrons. The Bertz CT molecular complexity index is 1690. The third-order valence-corrected chi connectivity index (χ3v) is 7.52. The lowest BCUT2D eigenvalue weighted by molar-refractivity contribution is 0.111. The smallest absolute Gasteiger partial charge is 0.166 e. The molecule has 6 nitrogen and oxygen atoms in total. The highest BCUT2D eigenvalue weighted by atomic mass is 19.1. The molecule has 1 aliphatic rings. The van der Waals surface area contributed by atoms with E-state index < -0.39 is 0 Å². The topological polar surface area (TPSA) is 69.1 Å². The third kappa shape index (κ3) is 4.48. The third-order valence-electron chi connectivity index (χ3n) is 7.52. The first-order chi connectivity index (χ1) is 19.1. The molecule has 6 rings (SSSR count). The summed E-state index contributed by atoms with van der Waals surface area (Å²) in [6, 6.07) is 13.5. The van der Waals surface area contributed by atoms with Gasteiger partial charge in [0, 0.05) is 46.1 Å². The van der Waals surface area contributed by atoms with Crippen molar-refractivity contribution in [2.75, 3.05) is 13.2 Å². The van der Waals surface area contributed by atoms with Gasteiger partial charge in [-0.25, -0.2) is 8.78 Å². The molecule has 3 heterocycles. The van der Waals surface area contributed by atoms with E-state index in [2.05, 4.69) is 10.2 Å². The van der Waals surface area contributed by atoms with Gasteiger partial charge in [-0.05, 0) is 62.4 Å². The van der Waals surface area contributed by atoms with Crippen molar-refractivity contribution in [3.63, 3.8) is 0 Å². The Hall–Kier alpha value is -4.04. The van der Waals surface area contributed by atoms with Gasteiger partial charge < -0.3 is 14.0 Å². The van der Waals surface area contributed by atoms with Crippen LogP contribution < -0.4 is 4.74 Å². The summed E-state index contributed by atoms with van der Waals surface area (Å²) in [7, 11) is 0. The molecule has 0 saturated carbocycles. The molecule has 1 aliphatic heterocycles. The molecule has 0 fully saturated rings. The summed E-state index contributed by atoms with van der Waals surface area (Å²) in [5.74, 6) is -0.0255. The van der Waals surface area contributed by atoms with Crippen LogP contribution in [0.15, 0.2) is 48.5 Å². The maximum atomic E-state index is 15.6. The number of carbonyl (C=O) groups is 1. The van der Waals surface area contributed by atoms with E-state index in [-0.39, 0.29) is 11.6 Å². The van der Waals surface area contributed by atoms with Gasteiger partial charge in [-0.1, -0.05) is 24.3 Å². The number of H-pyrrole nitrogens is 1. The van der Waals surface area contributed by atoms with Crippen molar-refractivity contribution in [3.05, 3.63) is 82.8 Å². The van der Waals surface area contributed by atoms with Crippen molar-refractivity contribution in [3.8, 4) is 16.9 Å². The number of aromatic nitrogens is 3. The quantitative estimate of drug-likeness (QED) is 0.192. The number of aldehydes is 1. The summed E-state index contributed by atoms with van der Waals surface area (Å²) in [4.78, 5) is 12.5. The van der Waals surface area contributed by atoms with E-state index in [0.29, 0.717) is 78.4 Å². The molecule has 0 bridgehead atoms. The van der Waals surface area contributed by atoms with E-state index in [1.807, 2.05) is 23.6 Å². The van der Waals surface area contributed by atoms with Crippen LogP contribution in [0.5, 0.6) is 5.75 Å². The van der Waals surface area contributed by atoms with Crippen LogP contribution in [0.1, 0.15) is 46.7 Å². The van der Waals surface area contributed by atoms with Crippen molar-refractivity contribution in [1.82, 2.24) is 14.8 Å². The van der Waals surface area contributed by atoms with Crippen LogP contribution in [0.4, 0.5) is 8.78 Å². The average molecular weight is 530 g/mol. The number of carbonyl (C=O) groups excluding carboxylic acids is 1. The monoisotopic (exact) mass is 529 g/mol. The molecule has 0 atom stereocenters. The van der Waals surface area contributed by atoms with Gasteiger partial charge in [0.25, 0.3) is 0 Å². The minimum absolute atomic E-state index is 0.285. The lowest BCUT2D eigenvalue weighted by Crippen LogP contribution is -2.06. The first kappa shape index (κ1) is 25.2. The van der Waals surface area contributed by atoms with E-state index in [4.69, 9.17) is 9.47 Å². The van der Waals surface area contributed by atoms with Crippen LogP contribution in [0.25, 0.3) is 32.8 Å². The highest BCUT2D eigenvalue weighted by molar-refractivity contribution is 6.02. The Labute approximate surface area is 224 Å². The summed E-state index contributed by atoms with van der Waals surface area (Å²) in [5.41, 5.74) is 4.70. The summed E-state index contributed by atoms with van der Waals surface area (Å²) in [5, 5.41) is 9.47. The Morgan fingerprint density at radius 1 is 1.03 bits per heavy atom. The van der Waals surface area contributed by atoms with Gasteiger partial charge in [0.05, 0.1) is 30.1 Å².